The Morgan fingerprint density at radius 3 is 2.13 bits per heavy atom. The molecule has 2 rings (SSSR count). The Morgan fingerprint density at radius 2 is 1.61 bits per heavy atom. The van der Waals surface area contributed by atoms with Crippen LogP contribution in [0.15, 0.2) is 18.2 Å². The molecule has 1 aromatic rings. The maximum Gasteiger partial charge on any atom is 0.434 e. The summed E-state index contributed by atoms with van der Waals surface area (Å²) in [6, 6.07) is 5.77. The molecule has 1 aromatic carbocycles. The van der Waals surface area contributed by atoms with Gasteiger partial charge in [0.25, 0.3) is 6.10 Å². The number of hydrogen-bond donors (Lipinski definition) is 0. The van der Waals surface area contributed by atoms with E-state index in [1.165, 1.54) is 0 Å². The zero-order valence-corrected chi connectivity index (χ0v) is 17.5. The van der Waals surface area contributed by atoms with Crippen LogP contribution in [0.3, 0.4) is 0 Å². The molecule has 1 aliphatic rings. The van der Waals surface area contributed by atoms with Gasteiger partial charge in [0, 0.05) is 38.3 Å². The van der Waals surface area contributed by atoms with Crippen LogP contribution in [0.25, 0.3) is 0 Å². The highest BCUT2D eigenvalue weighted by molar-refractivity contribution is 5.68. The average molecular weight is 456 g/mol. The molecule has 0 bridgehead atoms. The van der Waals surface area contributed by atoms with E-state index in [9.17, 15) is 31.1 Å². The zero-order chi connectivity index (χ0) is 23.4. The summed E-state index contributed by atoms with van der Waals surface area (Å²) in [6.45, 7) is 7.45. The monoisotopic (exact) mass is 456 g/mol. The molecule has 0 aliphatic carbocycles. The first-order valence-corrected chi connectivity index (χ1v) is 9.81. The second kappa shape index (κ2) is 9.97. The van der Waals surface area contributed by atoms with Crippen molar-refractivity contribution in [2.24, 2.45) is 5.92 Å². The molecule has 1 amide bonds. The third-order valence-corrected chi connectivity index (χ3v) is 4.63. The Kier molecular flexibility index (Phi) is 8.07. The second-order valence-electron chi connectivity index (χ2n) is 7.93. The molecular weight excluding hydrogens is 430 g/mol. The molecule has 1 heterocycles. The van der Waals surface area contributed by atoms with Crippen molar-refractivity contribution in [1.29, 1.82) is 0 Å². The van der Waals surface area contributed by atoms with Crippen molar-refractivity contribution >= 4 is 6.09 Å². The number of amides is 1. The van der Waals surface area contributed by atoms with Crippen molar-refractivity contribution < 1.29 is 40.6 Å². The van der Waals surface area contributed by atoms with Gasteiger partial charge in [0.15, 0.2) is 0 Å². The number of nitrogens with zero attached hydrogens (tertiary/aromatic N) is 2. The summed E-state index contributed by atoms with van der Waals surface area (Å²) in [5.41, 5.74) is 1.94. The fraction of sp³-hybridized carbons (Fsp3) is 0.650. The van der Waals surface area contributed by atoms with Gasteiger partial charge in [0.05, 0.1) is 6.61 Å². The van der Waals surface area contributed by atoms with Crippen molar-refractivity contribution in [1.82, 2.24) is 9.80 Å². The summed E-state index contributed by atoms with van der Waals surface area (Å²) in [4.78, 5) is 14.7. The quantitative estimate of drug-likeness (QED) is 0.578. The summed E-state index contributed by atoms with van der Waals surface area (Å²) in [7, 11) is 0. The SMILES string of the molecule is Cc1ccc(CN2CCN(C(=O)OC(C(F)(F)F)C(F)(F)F)CC2)c(OCC(C)C)c1. The van der Waals surface area contributed by atoms with Crippen LogP contribution in [0.2, 0.25) is 0 Å². The third kappa shape index (κ3) is 7.48. The lowest BCUT2D eigenvalue weighted by atomic mass is 10.1. The summed E-state index contributed by atoms with van der Waals surface area (Å²) in [5.74, 6) is 1.06. The summed E-state index contributed by atoms with van der Waals surface area (Å²) >= 11 is 0. The number of hydrogen-bond acceptors (Lipinski definition) is 4. The van der Waals surface area contributed by atoms with Gasteiger partial charge in [-0.05, 0) is 24.5 Å². The van der Waals surface area contributed by atoms with Gasteiger partial charge < -0.3 is 14.4 Å². The number of aryl methyl sites for hydroxylation is 1. The van der Waals surface area contributed by atoms with Crippen molar-refractivity contribution in [3.63, 3.8) is 0 Å². The fourth-order valence-corrected chi connectivity index (χ4v) is 3.01. The predicted octanol–water partition coefficient (Wildman–Crippen LogP) is 4.78. The van der Waals surface area contributed by atoms with Gasteiger partial charge in [-0.3, -0.25) is 4.90 Å². The molecule has 1 aliphatic heterocycles. The molecule has 0 radical (unpaired) electrons. The Bertz CT molecular complexity index is 729. The zero-order valence-electron chi connectivity index (χ0n) is 17.5. The number of ether oxygens (including phenoxy) is 2. The van der Waals surface area contributed by atoms with Crippen LogP contribution < -0.4 is 4.74 Å². The standard InChI is InChI=1S/C20H26F6N2O3/c1-13(2)12-30-16-10-14(3)4-5-15(16)11-27-6-8-28(9-7-27)18(29)31-17(19(21,22)23)20(24,25)26/h4-5,10,13,17H,6-9,11-12H2,1-3H3. The van der Waals surface area contributed by atoms with Crippen LogP contribution in [0.1, 0.15) is 25.0 Å². The van der Waals surface area contributed by atoms with Crippen molar-refractivity contribution in [3.05, 3.63) is 29.3 Å². The van der Waals surface area contributed by atoms with Crippen LogP contribution >= 0.6 is 0 Å². The number of alkyl halides is 6. The molecule has 0 N–H and O–H groups in total. The van der Waals surface area contributed by atoms with Crippen LogP contribution in [-0.4, -0.2) is 67.1 Å². The first-order chi connectivity index (χ1) is 14.3. The van der Waals surface area contributed by atoms with E-state index in [0.717, 1.165) is 21.8 Å². The highest BCUT2D eigenvalue weighted by atomic mass is 19.4. The molecule has 5 nitrogen and oxygen atoms in total. The van der Waals surface area contributed by atoms with Crippen LogP contribution in [-0.2, 0) is 11.3 Å². The Hall–Kier alpha value is -2.17. The second-order valence-corrected chi connectivity index (χ2v) is 7.93. The van der Waals surface area contributed by atoms with Crippen LogP contribution in [0.4, 0.5) is 31.1 Å². The lowest BCUT2D eigenvalue weighted by molar-refractivity contribution is -0.308. The number of rotatable bonds is 6. The van der Waals surface area contributed by atoms with E-state index in [1.54, 1.807) is 0 Å². The molecule has 1 saturated heterocycles. The highest BCUT2D eigenvalue weighted by Crippen LogP contribution is 2.36. The van der Waals surface area contributed by atoms with Gasteiger partial charge in [-0.2, -0.15) is 26.3 Å². The maximum absolute atomic E-state index is 12.6. The number of halogens is 6. The fourth-order valence-electron chi connectivity index (χ4n) is 3.01. The maximum atomic E-state index is 12.6. The van der Waals surface area contributed by atoms with Gasteiger partial charge >= 0.3 is 18.4 Å². The van der Waals surface area contributed by atoms with E-state index in [0.29, 0.717) is 19.1 Å². The van der Waals surface area contributed by atoms with Crippen molar-refractivity contribution in [3.8, 4) is 5.75 Å². The van der Waals surface area contributed by atoms with Crippen LogP contribution in [0.5, 0.6) is 5.75 Å². The van der Waals surface area contributed by atoms with Gasteiger partial charge in [0.2, 0.25) is 0 Å². The number of carbonyl (C=O) groups is 1. The number of carbonyl (C=O) groups excluding carboxylic acids is 1. The van der Waals surface area contributed by atoms with E-state index in [2.05, 4.69) is 4.74 Å². The molecule has 0 spiro atoms. The lowest BCUT2D eigenvalue weighted by Gasteiger charge is -2.35. The Labute approximate surface area is 176 Å². The summed E-state index contributed by atoms with van der Waals surface area (Å²) in [5, 5.41) is 0. The normalized spacial score (nSPS) is 16.2. The predicted molar refractivity (Wildman–Crippen MR) is 101 cm³/mol. The smallest absolute Gasteiger partial charge is 0.434 e. The van der Waals surface area contributed by atoms with E-state index in [4.69, 9.17) is 4.74 Å². The first kappa shape index (κ1) is 25.1. The molecular formula is C20H26F6N2O3. The molecule has 0 atom stereocenters. The summed E-state index contributed by atoms with van der Waals surface area (Å²) < 4.78 is 85.2. The first-order valence-electron chi connectivity index (χ1n) is 9.81. The molecule has 0 aromatic heterocycles. The minimum atomic E-state index is -5.73. The average Bonchev–Trinajstić information content (AvgIpc) is 2.64. The molecule has 0 unspecified atom stereocenters. The van der Waals surface area contributed by atoms with E-state index in [-0.39, 0.29) is 26.2 Å². The number of benzene rings is 1. The van der Waals surface area contributed by atoms with Crippen LogP contribution in [0, 0.1) is 12.8 Å². The van der Waals surface area contributed by atoms with Gasteiger partial charge in [-0.25, -0.2) is 4.79 Å². The largest absolute Gasteiger partial charge is 0.493 e. The van der Waals surface area contributed by atoms with Crippen molar-refractivity contribution in [2.45, 2.75) is 45.8 Å². The van der Waals surface area contributed by atoms with Gasteiger partial charge in [0.1, 0.15) is 5.75 Å². The third-order valence-electron chi connectivity index (χ3n) is 4.63. The van der Waals surface area contributed by atoms with E-state index >= 15 is 0 Å². The van der Waals surface area contributed by atoms with E-state index < -0.39 is 24.5 Å². The van der Waals surface area contributed by atoms with Crippen molar-refractivity contribution in [2.75, 3.05) is 32.8 Å². The van der Waals surface area contributed by atoms with Gasteiger partial charge in [-0.15, -0.1) is 0 Å². The molecule has 176 valence electrons. The highest BCUT2D eigenvalue weighted by Gasteiger charge is 2.60. The molecule has 11 heteroatoms. The molecule has 1 fully saturated rings. The van der Waals surface area contributed by atoms with Gasteiger partial charge in [-0.1, -0.05) is 26.0 Å². The minimum absolute atomic E-state index is 0.0463. The Morgan fingerprint density at radius 1 is 1.03 bits per heavy atom. The molecule has 0 saturated carbocycles. The summed E-state index contributed by atoms with van der Waals surface area (Å²) in [6.07, 6.45) is -17.2. The minimum Gasteiger partial charge on any atom is -0.493 e. The molecule has 31 heavy (non-hydrogen) atoms. The Balaban J connectivity index is 1.95. The topological polar surface area (TPSA) is 42.0 Å². The van der Waals surface area contributed by atoms with E-state index in [1.807, 2.05) is 43.9 Å². The lowest BCUT2D eigenvalue weighted by Crippen LogP contribution is -2.52. The number of piperazine rings is 1.